The van der Waals surface area contributed by atoms with E-state index in [1.807, 2.05) is 25.1 Å². The van der Waals surface area contributed by atoms with Gasteiger partial charge in [0.1, 0.15) is 23.9 Å². The van der Waals surface area contributed by atoms with Crippen LogP contribution in [-0.2, 0) is 14.8 Å². The molecule has 1 aliphatic heterocycles. The molecule has 3 aromatic carbocycles. The highest BCUT2D eigenvalue weighted by molar-refractivity contribution is 7.92. The Balaban J connectivity index is 1.46. The number of fused-ring (bicyclic) bond motifs is 1. The smallest absolute Gasteiger partial charge is 0.264 e. The van der Waals surface area contributed by atoms with Gasteiger partial charge in [0, 0.05) is 6.07 Å². The Morgan fingerprint density at radius 3 is 2.59 bits per heavy atom. The SMILES string of the molecule is COc1cccc(OCCNC(=O)C2CN(S(=O)(=O)c3ccccc3)c3cc(C)ccc3O2)c1. The number of carbonyl (C=O) groups excluding carboxylic acids is 1. The number of hydrogen-bond acceptors (Lipinski definition) is 6. The summed E-state index contributed by atoms with van der Waals surface area (Å²) in [5.74, 6) is 1.20. The summed E-state index contributed by atoms with van der Waals surface area (Å²) in [6.45, 7) is 2.18. The molecule has 0 saturated heterocycles. The van der Waals surface area contributed by atoms with Gasteiger partial charge in [0.25, 0.3) is 15.9 Å². The molecule has 9 heteroatoms. The molecule has 1 unspecified atom stereocenters. The third-order valence-corrected chi connectivity index (χ3v) is 7.11. The standard InChI is InChI=1S/C25H26N2O6S/c1-18-11-12-23-22(15-18)27(34(29,30)21-9-4-3-5-10-21)17-24(33-23)25(28)26-13-14-32-20-8-6-7-19(16-20)31-2/h3-12,15-16,24H,13-14,17H2,1-2H3,(H,26,28). The van der Waals surface area contributed by atoms with Crippen molar-refractivity contribution in [2.24, 2.45) is 0 Å². The average molecular weight is 483 g/mol. The molecule has 4 rings (SSSR count). The maximum atomic E-state index is 13.4. The Morgan fingerprint density at radius 2 is 1.82 bits per heavy atom. The van der Waals surface area contributed by atoms with E-state index in [-0.39, 0.29) is 24.6 Å². The molecule has 0 spiro atoms. The quantitative estimate of drug-likeness (QED) is 0.496. The summed E-state index contributed by atoms with van der Waals surface area (Å²) in [7, 11) is -2.32. The first kappa shape index (κ1) is 23.4. The fourth-order valence-corrected chi connectivity index (χ4v) is 5.08. The van der Waals surface area contributed by atoms with Crippen molar-refractivity contribution < 1.29 is 27.4 Å². The van der Waals surface area contributed by atoms with Gasteiger partial charge in [-0.2, -0.15) is 0 Å². The van der Waals surface area contributed by atoms with Gasteiger partial charge < -0.3 is 19.5 Å². The Hall–Kier alpha value is -3.72. The lowest BCUT2D eigenvalue weighted by atomic mass is 10.1. The second-order valence-electron chi connectivity index (χ2n) is 7.75. The molecule has 0 aliphatic carbocycles. The number of methoxy groups -OCH3 is 1. The summed E-state index contributed by atoms with van der Waals surface area (Å²) in [4.78, 5) is 13.0. The minimum atomic E-state index is -3.89. The Labute approximate surface area is 199 Å². The number of anilines is 1. The van der Waals surface area contributed by atoms with E-state index < -0.39 is 22.0 Å². The molecule has 0 radical (unpaired) electrons. The van der Waals surface area contributed by atoms with Crippen molar-refractivity contribution in [3.8, 4) is 17.2 Å². The summed E-state index contributed by atoms with van der Waals surface area (Å²) in [6.07, 6.45) is -1.01. The molecular weight excluding hydrogens is 456 g/mol. The van der Waals surface area contributed by atoms with Crippen LogP contribution in [0.4, 0.5) is 5.69 Å². The normalized spacial score (nSPS) is 15.1. The lowest BCUT2D eigenvalue weighted by molar-refractivity contribution is -0.127. The number of hydrogen-bond donors (Lipinski definition) is 1. The van der Waals surface area contributed by atoms with Crippen LogP contribution in [0.3, 0.4) is 0 Å². The predicted octanol–water partition coefficient (Wildman–Crippen LogP) is 3.16. The molecule has 1 amide bonds. The molecule has 8 nitrogen and oxygen atoms in total. The van der Waals surface area contributed by atoms with Crippen molar-refractivity contribution >= 4 is 21.6 Å². The lowest BCUT2D eigenvalue weighted by Crippen LogP contribution is -2.51. The van der Waals surface area contributed by atoms with Crippen LogP contribution in [0, 0.1) is 6.92 Å². The molecule has 1 heterocycles. The van der Waals surface area contributed by atoms with E-state index in [0.717, 1.165) is 5.56 Å². The van der Waals surface area contributed by atoms with E-state index in [2.05, 4.69) is 5.32 Å². The second kappa shape index (κ2) is 10.0. The molecule has 0 aromatic heterocycles. The number of ether oxygens (including phenoxy) is 3. The van der Waals surface area contributed by atoms with Crippen LogP contribution in [0.2, 0.25) is 0 Å². The maximum absolute atomic E-state index is 13.4. The summed E-state index contributed by atoms with van der Waals surface area (Å²) < 4.78 is 44.7. The van der Waals surface area contributed by atoms with Gasteiger partial charge in [-0.25, -0.2) is 8.42 Å². The third kappa shape index (κ3) is 5.09. The number of amides is 1. The van der Waals surface area contributed by atoms with Crippen molar-refractivity contribution in [1.29, 1.82) is 0 Å². The van der Waals surface area contributed by atoms with Gasteiger partial charge in [0.05, 0.1) is 30.8 Å². The molecule has 1 atom stereocenters. The summed E-state index contributed by atoms with van der Waals surface area (Å²) >= 11 is 0. The molecule has 3 aromatic rings. The molecule has 34 heavy (non-hydrogen) atoms. The Kier molecular flexibility index (Phi) is 6.93. The van der Waals surface area contributed by atoms with Crippen molar-refractivity contribution in [3.63, 3.8) is 0 Å². The highest BCUT2D eigenvalue weighted by Crippen LogP contribution is 2.37. The number of rotatable bonds is 8. The summed E-state index contributed by atoms with van der Waals surface area (Å²) in [5.41, 5.74) is 1.29. The average Bonchev–Trinajstić information content (AvgIpc) is 2.86. The minimum absolute atomic E-state index is 0.143. The first-order valence-corrected chi connectivity index (χ1v) is 12.2. The van der Waals surface area contributed by atoms with Gasteiger partial charge in [-0.3, -0.25) is 9.10 Å². The monoisotopic (exact) mass is 482 g/mol. The number of sulfonamides is 1. The Morgan fingerprint density at radius 1 is 1.06 bits per heavy atom. The van der Waals surface area contributed by atoms with E-state index in [4.69, 9.17) is 14.2 Å². The van der Waals surface area contributed by atoms with Crippen LogP contribution in [0.1, 0.15) is 5.56 Å². The van der Waals surface area contributed by atoms with Crippen LogP contribution < -0.4 is 23.8 Å². The summed E-state index contributed by atoms with van der Waals surface area (Å²) in [5, 5.41) is 2.76. The summed E-state index contributed by atoms with van der Waals surface area (Å²) in [6, 6.07) is 20.5. The van der Waals surface area contributed by atoms with Crippen molar-refractivity contribution in [3.05, 3.63) is 78.4 Å². The number of carbonyl (C=O) groups is 1. The van der Waals surface area contributed by atoms with Crippen molar-refractivity contribution in [2.45, 2.75) is 17.9 Å². The molecule has 1 N–H and O–H groups in total. The van der Waals surface area contributed by atoms with E-state index in [1.165, 1.54) is 16.4 Å². The van der Waals surface area contributed by atoms with Gasteiger partial charge in [0.15, 0.2) is 6.10 Å². The van der Waals surface area contributed by atoms with E-state index in [9.17, 15) is 13.2 Å². The molecular formula is C25H26N2O6S. The molecule has 1 aliphatic rings. The number of aryl methyl sites for hydroxylation is 1. The maximum Gasteiger partial charge on any atom is 0.264 e. The second-order valence-corrected chi connectivity index (χ2v) is 9.61. The zero-order chi connectivity index (χ0) is 24.1. The molecule has 0 saturated carbocycles. The van der Waals surface area contributed by atoms with Crippen molar-refractivity contribution in [1.82, 2.24) is 5.32 Å². The number of nitrogens with zero attached hydrogens (tertiary/aromatic N) is 1. The fraction of sp³-hybridized carbons (Fsp3) is 0.240. The van der Waals surface area contributed by atoms with Gasteiger partial charge in [0.2, 0.25) is 0 Å². The fourth-order valence-electron chi connectivity index (χ4n) is 3.59. The van der Waals surface area contributed by atoms with Crippen LogP contribution in [0.5, 0.6) is 17.2 Å². The predicted molar refractivity (Wildman–Crippen MR) is 128 cm³/mol. The number of benzene rings is 3. The first-order chi connectivity index (χ1) is 16.4. The largest absolute Gasteiger partial charge is 0.497 e. The third-order valence-electron chi connectivity index (χ3n) is 5.32. The van der Waals surface area contributed by atoms with Gasteiger partial charge in [-0.1, -0.05) is 30.3 Å². The molecule has 0 bridgehead atoms. The molecule has 178 valence electrons. The number of nitrogens with one attached hydrogen (secondary N) is 1. The van der Waals surface area contributed by atoms with E-state index >= 15 is 0 Å². The van der Waals surface area contributed by atoms with Crippen molar-refractivity contribution in [2.75, 3.05) is 31.1 Å². The highest BCUT2D eigenvalue weighted by Gasteiger charge is 2.37. The highest BCUT2D eigenvalue weighted by atomic mass is 32.2. The zero-order valence-electron chi connectivity index (χ0n) is 18.9. The van der Waals surface area contributed by atoms with Crippen LogP contribution >= 0.6 is 0 Å². The van der Waals surface area contributed by atoms with Gasteiger partial charge in [-0.15, -0.1) is 0 Å². The lowest BCUT2D eigenvalue weighted by Gasteiger charge is -2.35. The van der Waals surface area contributed by atoms with Crippen LogP contribution in [0.15, 0.2) is 77.7 Å². The molecule has 0 fully saturated rings. The van der Waals surface area contributed by atoms with E-state index in [1.54, 1.807) is 49.6 Å². The van der Waals surface area contributed by atoms with Crippen LogP contribution in [0.25, 0.3) is 0 Å². The first-order valence-electron chi connectivity index (χ1n) is 10.8. The minimum Gasteiger partial charge on any atom is -0.497 e. The topological polar surface area (TPSA) is 94.2 Å². The van der Waals surface area contributed by atoms with Crippen LogP contribution in [-0.4, -0.2) is 47.2 Å². The Bertz CT molecular complexity index is 1260. The van der Waals surface area contributed by atoms with Gasteiger partial charge in [-0.05, 0) is 48.9 Å². The zero-order valence-corrected chi connectivity index (χ0v) is 19.7. The van der Waals surface area contributed by atoms with Gasteiger partial charge >= 0.3 is 0 Å². The van der Waals surface area contributed by atoms with E-state index in [0.29, 0.717) is 22.9 Å².